The second-order valence-electron chi connectivity index (χ2n) is 6.30. The zero-order valence-corrected chi connectivity index (χ0v) is 13.9. The van der Waals surface area contributed by atoms with Crippen LogP contribution in [0.25, 0.3) is 0 Å². The highest BCUT2D eigenvalue weighted by Gasteiger charge is 2.36. The van der Waals surface area contributed by atoms with E-state index in [1.54, 1.807) is 0 Å². The number of sulfone groups is 1. The Morgan fingerprint density at radius 2 is 1.95 bits per heavy atom. The molecule has 0 radical (unpaired) electrons. The number of aryl methyl sites for hydroxylation is 1. The third-order valence-electron chi connectivity index (χ3n) is 4.86. The fourth-order valence-electron chi connectivity index (χ4n) is 3.32. The number of carbonyl (C=O) groups excluding carboxylic acids is 1. The van der Waals surface area contributed by atoms with Crippen LogP contribution in [0.5, 0.6) is 0 Å². The summed E-state index contributed by atoms with van der Waals surface area (Å²) in [6, 6.07) is 5.70. The van der Waals surface area contributed by atoms with Crippen molar-refractivity contribution >= 4 is 15.7 Å². The van der Waals surface area contributed by atoms with Gasteiger partial charge < -0.3 is 4.90 Å². The first kappa shape index (κ1) is 15.5. The quantitative estimate of drug-likeness (QED) is 0.769. The summed E-state index contributed by atoms with van der Waals surface area (Å²) in [4.78, 5) is 16.8. The molecule has 2 fully saturated rings. The molecule has 0 saturated carbocycles. The van der Waals surface area contributed by atoms with Crippen LogP contribution in [0, 0.1) is 13.8 Å². The number of amides is 1. The van der Waals surface area contributed by atoms with Gasteiger partial charge in [0.2, 0.25) is 0 Å². The van der Waals surface area contributed by atoms with Crippen molar-refractivity contribution in [2.45, 2.75) is 19.9 Å². The maximum atomic E-state index is 12.8. The predicted octanol–water partition coefficient (Wildman–Crippen LogP) is 0.858. The van der Waals surface area contributed by atoms with Gasteiger partial charge in [-0.1, -0.05) is 12.1 Å². The molecule has 1 aromatic rings. The summed E-state index contributed by atoms with van der Waals surface area (Å²) in [6.45, 7) is 6.49. The fourth-order valence-corrected chi connectivity index (χ4v) is 4.90. The number of hydrogen-bond donors (Lipinski definition) is 0. The first-order valence-electron chi connectivity index (χ1n) is 7.67. The molecule has 2 saturated heterocycles. The van der Waals surface area contributed by atoms with Gasteiger partial charge in [-0.05, 0) is 31.0 Å². The van der Waals surface area contributed by atoms with Crippen molar-refractivity contribution in [3.63, 3.8) is 0 Å². The zero-order valence-electron chi connectivity index (χ0n) is 13.1. The van der Waals surface area contributed by atoms with Crippen molar-refractivity contribution in [1.82, 2.24) is 9.80 Å². The molecule has 22 heavy (non-hydrogen) atoms. The number of benzene rings is 1. The molecule has 0 aliphatic carbocycles. The van der Waals surface area contributed by atoms with E-state index in [1.165, 1.54) is 0 Å². The van der Waals surface area contributed by atoms with E-state index in [0.717, 1.165) is 23.2 Å². The number of hydrogen-bond acceptors (Lipinski definition) is 4. The molecule has 1 atom stereocenters. The Kier molecular flexibility index (Phi) is 3.99. The lowest BCUT2D eigenvalue weighted by atomic mass is 10.0. The Bertz CT molecular complexity index is 699. The lowest BCUT2D eigenvalue weighted by Gasteiger charge is -2.43. The molecule has 2 aliphatic heterocycles. The molecule has 0 unspecified atom stereocenters. The van der Waals surface area contributed by atoms with E-state index >= 15 is 0 Å². The number of rotatable bonds is 1. The normalized spacial score (nSPS) is 24.8. The van der Waals surface area contributed by atoms with Crippen LogP contribution < -0.4 is 0 Å². The summed E-state index contributed by atoms with van der Waals surface area (Å²) in [6.07, 6.45) is 0. The van der Waals surface area contributed by atoms with Crippen molar-refractivity contribution in [3.8, 4) is 0 Å². The van der Waals surface area contributed by atoms with Crippen LogP contribution in [0.4, 0.5) is 0 Å². The predicted molar refractivity (Wildman–Crippen MR) is 85.8 cm³/mol. The van der Waals surface area contributed by atoms with Crippen molar-refractivity contribution < 1.29 is 13.2 Å². The Hall–Kier alpha value is -1.40. The average molecular weight is 322 g/mol. The molecule has 0 spiro atoms. The molecule has 6 heteroatoms. The van der Waals surface area contributed by atoms with Crippen LogP contribution >= 0.6 is 0 Å². The summed E-state index contributed by atoms with van der Waals surface area (Å²) >= 11 is 0. The third-order valence-corrected chi connectivity index (χ3v) is 6.56. The molecule has 2 heterocycles. The minimum Gasteiger partial charge on any atom is -0.336 e. The highest BCUT2D eigenvalue weighted by molar-refractivity contribution is 7.91. The fraction of sp³-hybridized carbons (Fsp3) is 0.562. The topological polar surface area (TPSA) is 57.7 Å². The van der Waals surface area contributed by atoms with Gasteiger partial charge in [-0.3, -0.25) is 9.69 Å². The smallest absolute Gasteiger partial charge is 0.254 e. The molecular formula is C16H22N2O3S. The van der Waals surface area contributed by atoms with Crippen LogP contribution in [0.3, 0.4) is 0 Å². The van der Waals surface area contributed by atoms with Gasteiger partial charge in [0, 0.05) is 37.8 Å². The van der Waals surface area contributed by atoms with Crippen molar-refractivity contribution in [2.75, 3.05) is 37.7 Å². The molecule has 120 valence electrons. The third kappa shape index (κ3) is 2.90. The minimum atomic E-state index is -2.96. The van der Waals surface area contributed by atoms with Gasteiger partial charge in [0.05, 0.1) is 11.5 Å². The summed E-state index contributed by atoms with van der Waals surface area (Å²) in [5, 5.41) is 0. The van der Waals surface area contributed by atoms with Crippen LogP contribution in [0.2, 0.25) is 0 Å². The molecule has 0 bridgehead atoms. The summed E-state index contributed by atoms with van der Waals surface area (Å²) < 4.78 is 23.6. The molecule has 1 aromatic carbocycles. The van der Waals surface area contributed by atoms with Gasteiger partial charge >= 0.3 is 0 Å². The molecule has 3 rings (SSSR count). The monoisotopic (exact) mass is 322 g/mol. The Morgan fingerprint density at radius 1 is 1.18 bits per heavy atom. The molecule has 0 aromatic heterocycles. The largest absolute Gasteiger partial charge is 0.336 e. The van der Waals surface area contributed by atoms with Crippen LogP contribution in [0.1, 0.15) is 21.5 Å². The highest BCUT2D eigenvalue weighted by Crippen LogP contribution is 2.21. The lowest BCUT2D eigenvalue weighted by molar-refractivity contribution is 0.0520. The second kappa shape index (κ2) is 5.66. The average Bonchev–Trinajstić information content (AvgIpc) is 2.47. The van der Waals surface area contributed by atoms with Gasteiger partial charge in [-0.25, -0.2) is 8.42 Å². The molecule has 5 nitrogen and oxygen atoms in total. The van der Waals surface area contributed by atoms with E-state index in [4.69, 9.17) is 0 Å². The summed E-state index contributed by atoms with van der Waals surface area (Å²) in [5.74, 6) is 0.432. The summed E-state index contributed by atoms with van der Waals surface area (Å²) in [5.41, 5.74) is 2.84. The Labute approximate surface area is 131 Å². The van der Waals surface area contributed by atoms with Gasteiger partial charge in [-0.15, -0.1) is 0 Å². The van der Waals surface area contributed by atoms with Crippen molar-refractivity contribution in [2.24, 2.45) is 0 Å². The zero-order chi connectivity index (χ0) is 15.9. The van der Waals surface area contributed by atoms with Crippen molar-refractivity contribution in [3.05, 3.63) is 34.9 Å². The van der Waals surface area contributed by atoms with E-state index in [1.807, 2.05) is 36.9 Å². The van der Waals surface area contributed by atoms with Crippen molar-refractivity contribution in [1.29, 1.82) is 0 Å². The lowest BCUT2D eigenvalue weighted by Crippen LogP contribution is -2.60. The van der Waals surface area contributed by atoms with Crippen LogP contribution in [-0.4, -0.2) is 67.9 Å². The first-order chi connectivity index (χ1) is 10.4. The molecular weight excluding hydrogens is 300 g/mol. The maximum Gasteiger partial charge on any atom is 0.254 e. The van der Waals surface area contributed by atoms with E-state index in [2.05, 4.69) is 4.90 Å². The number of piperazine rings is 1. The van der Waals surface area contributed by atoms with Gasteiger partial charge in [0.25, 0.3) is 5.91 Å². The van der Waals surface area contributed by atoms with E-state index in [0.29, 0.717) is 19.6 Å². The number of nitrogens with zero attached hydrogens (tertiary/aromatic N) is 2. The Balaban J connectivity index is 1.79. The SMILES string of the molecule is Cc1cccc(C(=O)N2CCN3CCS(=O)(=O)C[C@H]3C2)c1C. The molecule has 1 amide bonds. The van der Waals surface area contributed by atoms with Gasteiger partial charge in [0.15, 0.2) is 9.84 Å². The molecule has 0 N–H and O–H groups in total. The Morgan fingerprint density at radius 3 is 2.73 bits per heavy atom. The van der Waals surface area contributed by atoms with E-state index in [-0.39, 0.29) is 23.5 Å². The maximum absolute atomic E-state index is 12.8. The molecule has 2 aliphatic rings. The van der Waals surface area contributed by atoms with Gasteiger partial charge in [-0.2, -0.15) is 0 Å². The minimum absolute atomic E-state index is 0.0174. The summed E-state index contributed by atoms with van der Waals surface area (Å²) in [7, 11) is -2.96. The van der Waals surface area contributed by atoms with Gasteiger partial charge in [0.1, 0.15) is 0 Å². The van der Waals surface area contributed by atoms with Crippen LogP contribution in [-0.2, 0) is 9.84 Å². The number of fused-ring (bicyclic) bond motifs is 1. The second-order valence-corrected chi connectivity index (χ2v) is 8.53. The van der Waals surface area contributed by atoms with E-state index < -0.39 is 9.84 Å². The number of carbonyl (C=O) groups is 1. The first-order valence-corrected chi connectivity index (χ1v) is 9.49. The standard InChI is InChI=1S/C16H22N2O3S/c1-12-4-3-5-15(13(12)2)16(19)18-7-6-17-8-9-22(20,21)11-14(17)10-18/h3-5,14H,6-11H2,1-2H3/t14-/m1/s1. The highest BCUT2D eigenvalue weighted by atomic mass is 32.2. The van der Waals surface area contributed by atoms with E-state index in [9.17, 15) is 13.2 Å². The van der Waals surface area contributed by atoms with Crippen LogP contribution in [0.15, 0.2) is 18.2 Å².